The molecule has 10 nitrogen and oxygen atoms in total. The van der Waals surface area contributed by atoms with Crippen molar-refractivity contribution < 1.29 is 33.5 Å². The highest BCUT2D eigenvalue weighted by molar-refractivity contribution is 6.01. The Hall–Kier alpha value is -2.20. The van der Waals surface area contributed by atoms with E-state index in [2.05, 4.69) is 10.6 Å². The number of nitrogens with one attached hydrogen (secondary N) is 2. The zero-order valence-electron chi connectivity index (χ0n) is 15.2. The lowest BCUT2D eigenvalue weighted by Crippen LogP contribution is -2.45. The molecule has 1 aliphatic rings. The van der Waals surface area contributed by atoms with E-state index in [9.17, 15) is 19.2 Å². The van der Waals surface area contributed by atoms with Crippen LogP contribution in [0.2, 0.25) is 0 Å². The van der Waals surface area contributed by atoms with Gasteiger partial charge < -0.3 is 19.6 Å². The quantitative estimate of drug-likeness (QED) is 0.287. The minimum atomic E-state index is -1.01. The smallest absolute Gasteiger partial charge is 0.407 e. The maximum absolute atomic E-state index is 12.3. The summed E-state index contributed by atoms with van der Waals surface area (Å²) in [6.45, 7) is 5.44. The van der Waals surface area contributed by atoms with Gasteiger partial charge >= 0.3 is 12.1 Å². The van der Waals surface area contributed by atoms with Crippen LogP contribution in [-0.2, 0) is 28.7 Å². The summed E-state index contributed by atoms with van der Waals surface area (Å²) in [5.74, 6) is -2.01. The van der Waals surface area contributed by atoms with Crippen LogP contribution >= 0.6 is 0 Å². The van der Waals surface area contributed by atoms with Gasteiger partial charge in [-0.2, -0.15) is 0 Å². The predicted octanol–water partition coefficient (Wildman–Crippen LogP) is 0.462. The van der Waals surface area contributed by atoms with Gasteiger partial charge in [0.05, 0.1) is 13.3 Å². The highest BCUT2D eigenvalue weighted by Gasteiger charge is 2.35. The Morgan fingerprint density at radius 2 is 1.81 bits per heavy atom. The Morgan fingerprint density at radius 3 is 2.42 bits per heavy atom. The van der Waals surface area contributed by atoms with Gasteiger partial charge in [0.1, 0.15) is 6.04 Å². The minimum Gasteiger partial charge on any atom is -0.450 e. The molecule has 0 aromatic heterocycles. The summed E-state index contributed by atoms with van der Waals surface area (Å²) in [6.07, 6.45) is 0.879. The first-order valence-corrected chi connectivity index (χ1v) is 8.78. The van der Waals surface area contributed by atoms with Gasteiger partial charge in [-0.15, -0.1) is 5.06 Å². The van der Waals surface area contributed by atoms with Crippen LogP contribution in [0.5, 0.6) is 0 Å². The normalized spacial score (nSPS) is 15.1. The van der Waals surface area contributed by atoms with E-state index in [4.69, 9.17) is 14.3 Å². The largest absolute Gasteiger partial charge is 0.450 e. The summed E-state index contributed by atoms with van der Waals surface area (Å²) >= 11 is 0. The average molecular weight is 373 g/mol. The van der Waals surface area contributed by atoms with Crippen LogP contribution in [0, 0.1) is 0 Å². The van der Waals surface area contributed by atoms with E-state index in [-0.39, 0.29) is 25.9 Å². The Kier molecular flexibility index (Phi) is 10.3. The van der Waals surface area contributed by atoms with Gasteiger partial charge in [0.15, 0.2) is 0 Å². The van der Waals surface area contributed by atoms with E-state index in [0.29, 0.717) is 31.4 Å². The van der Waals surface area contributed by atoms with Gasteiger partial charge in [-0.05, 0) is 39.7 Å². The molecule has 3 amide bonds. The number of nitrogens with zero attached hydrogens (tertiary/aromatic N) is 1. The summed E-state index contributed by atoms with van der Waals surface area (Å²) in [5.41, 5.74) is 0. The molecule has 10 heteroatoms. The molecule has 0 aromatic carbocycles. The van der Waals surface area contributed by atoms with E-state index in [0.717, 1.165) is 6.42 Å². The zero-order valence-corrected chi connectivity index (χ0v) is 15.2. The third-order valence-electron chi connectivity index (χ3n) is 3.54. The maximum Gasteiger partial charge on any atom is 0.407 e. The molecule has 0 radical (unpaired) electrons. The summed E-state index contributed by atoms with van der Waals surface area (Å²) in [4.78, 5) is 51.8. The van der Waals surface area contributed by atoms with Crippen LogP contribution in [0.25, 0.3) is 0 Å². The van der Waals surface area contributed by atoms with Crippen molar-refractivity contribution in [3.8, 4) is 0 Å². The second kappa shape index (κ2) is 12.2. The van der Waals surface area contributed by atoms with Crippen LogP contribution in [0.4, 0.5) is 4.79 Å². The first kappa shape index (κ1) is 21.8. The fraction of sp³-hybridized carbons (Fsp3) is 0.750. The van der Waals surface area contributed by atoms with Crippen LogP contribution in [0.1, 0.15) is 46.0 Å². The van der Waals surface area contributed by atoms with Gasteiger partial charge in [-0.1, -0.05) is 0 Å². The fourth-order valence-electron chi connectivity index (χ4n) is 2.22. The van der Waals surface area contributed by atoms with E-state index in [1.807, 2.05) is 6.92 Å². The topological polar surface area (TPSA) is 123 Å². The molecule has 1 atom stereocenters. The molecule has 1 aliphatic heterocycles. The van der Waals surface area contributed by atoms with Crippen molar-refractivity contribution in [3.05, 3.63) is 0 Å². The lowest BCUT2D eigenvalue weighted by Gasteiger charge is -2.20. The maximum atomic E-state index is 12.3. The molecule has 0 spiro atoms. The number of carbonyl (C=O) groups excluding carboxylic acids is 4. The lowest BCUT2D eigenvalue weighted by atomic mass is 10.1. The van der Waals surface area contributed by atoms with Crippen LogP contribution in [0.15, 0.2) is 0 Å². The molecule has 0 aromatic rings. The number of rotatable bonds is 12. The van der Waals surface area contributed by atoms with Gasteiger partial charge in [-0.25, -0.2) is 9.59 Å². The second-order valence-corrected chi connectivity index (χ2v) is 5.54. The number of hydrogen-bond acceptors (Lipinski definition) is 8. The van der Waals surface area contributed by atoms with Crippen LogP contribution in [0.3, 0.4) is 0 Å². The molecule has 1 fully saturated rings. The molecule has 0 bridgehead atoms. The Balaban J connectivity index is 2.49. The molecular formula is C16H27N3O7. The van der Waals surface area contributed by atoms with E-state index < -0.39 is 29.9 Å². The number of carbonyl (C=O) groups is 4. The summed E-state index contributed by atoms with van der Waals surface area (Å²) in [5, 5.41) is 5.94. The summed E-state index contributed by atoms with van der Waals surface area (Å²) < 4.78 is 9.92. The first-order chi connectivity index (χ1) is 12.5. The minimum absolute atomic E-state index is 0.00753. The SMILES string of the molecule is CCOCNCCCCC(NC(=O)OCC)C(=O)ON1C(=O)CCC1=O. The van der Waals surface area contributed by atoms with E-state index in [1.54, 1.807) is 6.92 Å². The van der Waals surface area contributed by atoms with Crippen molar-refractivity contribution in [1.29, 1.82) is 0 Å². The summed E-state index contributed by atoms with van der Waals surface area (Å²) in [6, 6.07) is -1.01. The molecule has 0 saturated carbocycles. The number of hydrogen-bond donors (Lipinski definition) is 2. The monoisotopic (exact) mass is 373 g/mol. The highest BCUT2D eigenvalue weighted by atomic mass is 16.7. The molecule has 2 N–H and O–H groups in total. The second-order valence-electron chi connectivity index (χ2n) is 5.54. The van der Waals surface area contributed by atoms with Crippen molar-refractivity contribution in [3.63, 3.8) is 0 Å². The third-order valence-corrected chi connectivity index (χ3v) is 3.54. The van der Waals surface area contributed by atoms with Gasteiger partial charge in [-0.3, -0.25) is 14.9 Å². The Bertz CT molecular complexity index is 482. The molecule has 148 valence electrons. The third kappa shape index (κ3) is 7.79. The number of hydroxylamine groups is 2. The van der Waals surface area contributed by atoms with Crippen LogP contribution < -0.4 is 10.6 Å². The van der Waals surface area contributed by atoms with Crippen molar-refractivity contribution in [2.45, 2.75) is 52.0 Å². The lowest BCUT2D eigenvalue weighted by molar-refractivity contribution is -0.199. The molecule has 0 aliphatic carbocycles. The number of alkyl carbamates (subject to hydrolysis) is 1. The number of unbranched alkanes of at least 4 members (excludes halogenated alkanes) is 1. The van der Waals surface area contributed by atoms with Crippen molar-refractivity contribution in [1.82, 2.24) is 15.7 Å². The molecule has 1 saturated heterocycles. The molecule has 1 rings (SSSR count). The predicted molar refractivity (Wildman–Crippen MR) is 89.5 cm³/mol. The number of imide groups is 1. The van der Waals surface area contributed by atoms with Gasteiger partial charge in [0, 0.05) is 19.4 Å². The molecule has 26 heavy (non-hydrogen) atoms. The van der Waals surface area contributed by atoms with E-state index in [1.165, 1.54) is 0 Å². The van der Waals surface area contributed by atoms with Gasteiger partial charge in [0.25, 0.3) is 11.8 Å². The molecular weight excluding hydrogens is 346 g/mol. The summed E-state index contributed by atoms with van der Waals surface area (Å²) in [7, 11) is 0. The standard InChI is InChI=1S/C16H27N3O7/c1-3-24-11-17-10-6-5-7-12(18-16(23)25-4-2)15(22)26-19-13(20)8-9-14(19)21/h12,17H,3-11H2,1-2H3,(H,18,23). The molecule has 1 heterocycles. The van der Waals surface area contributed by atoms with Crippen molar-refractivity contribution in [2.24, 2.45) is 0 Å². The Labute approximate surface area is 152 Å². The zero-order chi connectivity index (χ0) is 19.4. The molecule has 1 unspecified atom stereocenters. The highest BCUT2D eigenvalue weighted by Crippen LogP contribution is 2.14. The van der Waals surface area contributed by atoms with E-state index >= 15 is 0 Å². The van der Waals surface area contributed by atoms with Crippen molar-refractivity contribution in [2.75, 3.05) is 26.5 Å². The number of ether oxygens (including phenoxy) is 2. The van der Waals surface area contributed by atoms with Crippen molar-refractivity contribution >= 4 is 23.9 Å². The fourth-order valence-corrected chi connectivity index (χ4v) is 2.22. The van der Waals surface area contributed by atoms with Crippen LogP contribution in [-0.4, -0.2) is 61.5 Å². The Morgan fingerprint density at radius 1 is 1.12 bits per heavy atom. The number of amides is 3. The average Bonchev–Trinajstić information content (AvgIpc) is 2.92. The van der Waals surface area contributed by atoms with Gasteiger partial charge in [0.2, 0.25) is 0 Å². The first-order valence-electron chi connectivity index (χ1n) is 8.78.